The van der Waals surface area contributed by atoms with Crippen LogP contribution in [0.15, 0.2) is 23.0 Å². The van der Waals surface area contributed by atoms with Gasteiger partial charge in [0.25, 0.3) is 5.56 Å². The first-order chi connectivity index (χ1) is 9.90. The minimum atomic E-state index is -0.737. The van der Waals surface area contributed by atoms with Gasteiger partial charge in [-0.1, -0.05) is 0 Å². The van der Waals surface area contributed by atoms with E-state index in [1.807, 2.05) is 13.8 Å². The van der Waals surface area contributed by atoms with Gasteiger partial charge >= 0.3 is 0 Å². The molecule has 2 aromatic heterocycles. The molecule has 3 rings (SSSR count). The molecule has 3 aromatic rings. The van der Waals surface area contributed by atoms with Crippen molar-refractivity contribution in [2.45, 2.75) is 20.8 Å². The predicted octanol–water partition coefficient (Wildman–Crippen LogP) is 2.89. The standard InChI is InChI=1S/C15H13F2N3O/c1-7-9(3)19-20-14(7)18-13(8(2)15(20)21)11-5-4-10(16)6-12(11)17/h4-6,19H,1-3H3. The summed E-state index contributed by atoms with van der Waals surface area (Å²) in [6.45, 7) is 5.23. The van der Waals surface area contributed by atoms with Crippen LogP contribution in [0.5, 0.6) is 0 Å². The number of aryl methyl sites for hydroxylation is 2. The average molecular weight is 289 g/mol. The number of nitrogens with zero attached hydrogens (tertiary/aromatic N) is 2. The van der Waals surface area contributed by atoms with Gasteiger partial charge in [0.15, 0.2) is 5.65 Å². The van der Waals surface area contributed by atoms with Gasteiger partial charge in [0, 0.05) is 28.5 Å². The topological polar surface area (TPSA) is 50.2 Å². The van der Waals surface area contributed by atoms with Crippen LogP contribution in [-0.4, -0.2) is 14.6 Å². The van der Waals surface area contributed by atoms with Gasteiger partial charge in [-0.25, -0.2) is 18.3 Å². The van der Waals surface area contributed by atoms with Crippen LogP contribution >= 0.6 is 0 Å². The molecule has 0 aliphatic heterocycles. The fourth-order valence-electron chi connectivity index (χ4n) is 2.32. The number of fused-ring (bicyclic) bond motifs is 1. The summed E-state index contributed by atoms with van der Waals surface area (Å²) in [6, 6.07) is 3.23. The second-order valence-electron chi connectivity index (χ2n) is 5.04. The van der Waals surface area contributed by atoms with Crippen molar-refractivity contribution in [3.8, 4) is 11.3 Å². The van der Waals surface area contributed by atoms with Crippen LogP contribution in [0.25, 0.3) is 16.9 Å². The monoisotopic (exact) mass is 289 g/mol. The Morgan fingerprint density at radius 2 is 1.86 bits per heavy atom. The number of halogens is 2. The van der Waals surface area contributed by atoms with E-state index in [-0.39, 0.29) is 16.8 Å². The number of hydrogen-bond donors (Lipinski definition) is 1. The van der Waals surface area contributed by atoms with Gasteiger partial charge in [0.2, 0.25) is 0 Å². The predicted molar refractivity (Wildman–Crippen MR) is 75.4 cm³/mol. The second kappa shape index (κ2) is 4.51. The third kappa shape index (κ3) is 1.94. The molecule has 21 heavy (non-hydrogen) atoms. The van der Waals surface area contributed by atoms with Crippen LogP contribution in [-0.2, 0) is 0 Å². The first kappa shape index (κ1) is 13.5. The fourth-order valence-corrected chi connectivity index (χ4v) is 2.32. The molecule has 0 saturated heterocycles. The molecule has 4 nitrogen and oxygen atoms in total. The van der Waals surface area contributed by atoms with E-state index in [4.69, 9.17) is 0 Å². The molecular formula is C15H13F2N3O. The minimum absolute atomic E-state index is 0.117. The molecule has 0 saturated carbocycles. The van der Waals surface area contributed by atoms with Crippen molar-refractivity contribution < 1.29 is 8.78 Å². The van der Waals surface area contributed by atoms with Crippen LogP contribution in [0, 0.1) is 32.4 Å². The summed E-state index contributed by atoms with van der Waals surface area (Å²) in [7, 11) is 0. The molecule has 0 bridgehead atoms. The molecule has 0 aliphatic carbocycles. The summed E-state index contributed by atoms with van der Waals surface area (Å²) in [5.41, 5.74) is 2.44. The minimum Gasteiger partial charge on any atom is -0.294 e. The molecule has 0 fully saturated rings. The molecule has 0 spiro atoms. The molecule has 0 aliphatic rings. The van der Waals surface area contributed by atoms with Crippen LogP contribution < -0.4 is 5.56 Å². The second-order valence-corrected chi connectivity index (χ2v) is 5.04. The van der Waals surface area contributed by atoms with Gasteiger partial charge in [0.1, 0.15) is 11.6 Å². The Bertz CT molecular complexity index is 925. The summed E-state index contributed by atoms with van der Waals surface area (Å²) >= 11 is 0. The van der Waals surface area contributed by atoms with E-state index in [1.54, 1.807) is 6.92 Å². The number of aromatic amines is 1. The molecule has 0 amide bonds. The normalized spacial score (nSPS) is 11.3. The van der Waals surface area contributed by atoms with Crippen molar-refractivity contribution in [1.82, 2.24) is 14.6 Å². The van der Waals surface area contributed by atoms with E-state index in [2.05, 4.69) is 10.1 Å². The summed E-state index contributed by atoms with van der Waals surface area (Å²) in [4.78, 5) is 16.7. The van der Waals surface area contributed by atoms with Crippen molar-refractivity contribution >= 4 is 5.65 Å². The third-order valence-electron chi connectivity index (χ3n) is 3.67. The number of aromatic nitrogens is 3. The molecule has 0 atom stereocenters. The van der Waals surface area contributed by atoms with Crippen molar-refractivity contribution in [3.63, 3.8) is 0 Å². The zero-order valence-electron chi connectivity index (χ0n) is 11.8. The Morgan fingerprint density at radius 3 is 2.52 bits per heavy atom. The summed E-state index contributed by atoms with van der Waals surface area (Å²) in [5.74, 6) is -1.40. The Hall–Kier alpha value is -2.50. The molecule has 108 valence electrons. The number of H-pyrrole nitrogens is 1. The maximum absolute atomic E-state index is 14.0. The van der Waals surface area contributed by atoms with Gasteiger partial charge in [-0.05, 0) is 32.9 Å². The van der Waals surface area contributed by atoms with Crippen LogP contribution in [0.2, 0.25) is 0 Å². The van der Waals surface area contributed by atoms with E-state index in [1.165, 1.54) is 10.6 Å². The highest BCUT2D eigenvalue weighted by molar-refractivity contribution is 5.66. The van der Waals surface area contributed by atoms with Crippen LogP contribution in [0.3, 0.4) is 0 Å². The van der Waals surface area contributed by atoms with E-state index in [9.17, 15) is 13.6 Å². The van der Waals surface area contributed by atoms with E-state index in [0.717, 1.165) is 23.4 Å². The highest BCUT2D eigenvalue weighted by Crippen LogP contribution is 2.24. The Kier molecular flexibility index (Phi) is 2.90. The lowest BCUT2D eigenvalue weighted by Gasteiger charge is -2.07. The summed E-state index contributed by atoms with van der Waals surface area (Å²) in [6.07, 6.45) is 0. The van der Waals surface area contributed by atoms with Crippen molar-refractivity contribution in [2.24, 2.45) is 0 Å². The highest BCUT2D eigenvalue weighted by Gasteiger charge is 2.17. The largest absolute Gasteiger partial charge is 0.294 e. The zero-order valence-corrected chi connectivity index (χ0v) is 11.8. The zero-order chi connectivity index (χ0) is 15.3. The maximum Gasteiger partial charge on any atom is 0.276 e. The van der Waals surface area contributed by atoms with Crippen molar-refractivity contribution in [1.29, 1.82) is 0 Å². The number of rotatable bonds is 1. The van der Waals surface area contributed by atoms with Gasteiger partial charge in [-0.15, -0.1) is 0 Å². The molecular weight excluding hydrogens is 276 g/mol. The van der Waals surface area contributed by atoms with Gasteiger partial charge in [-0.2, -0.15) is 0 Å². The van der Waals surface area contributed by atoms with E-state index >= 15 is 0 Å². The lowest BCUT2D eigenvalue weighted by Crippen LogP contribution is -2.19. The Labute approximate surface area is 119 Å². The Morgan fingerprint density at radius 1 is 1.14 bits per heavy atom. The first-order valence-electron chi connectivity index (χ1n) is 6.44. The molecule has 6 heteroatoms. The van der Waals surface area contributed by atoms with Crippen LogP contribution in [0.1, 0.15) is 16.8 Å². The molecule has 0 radical (unpaired) electrons. The number of hydrogen-bond acceptors (Lipinski definition) is 2. The van der Waals surface area contributed by atoms with Gasteiger partial charge in [0.05, 0.1) is 5.69 Å². The first-order valence-corrected chi connectivity index (χ1v) is 6.44. The van der Waals surface area contributed by atoms with E-state index in [0.29, 0.717) is 11.2 Å². The van der Waals surface area contributed by atoms with Crippen molar-refractivity contribution in [3.05, 3.63) is 57.0 Å². The SMILES string of the molecule is Cc1[nH]n2c(=O)c(C)c(-c3ccc(F)cc3F)nc2c1C. The fraction of sp³-hybridized carbons (Fsp3) is 0.200. The lowest BCUT2D eigenvalue weighted by atomic mass is 10.1. The summed E-state index contributed by atoms with van der Waals surface area (Å²) in [5, 5.41) is 2.93. The quantitative estimate of drug-likeness (QED) is 0.749. The van der Waals surface area contributed by atoms with Gasteiger partial charge < -0.3 is 0 Å². The third-order valence-corrected chi connectivity index (χ3v) is 3.67. The smallest absolute Gasteiger partial charge is 0.276 e. The van der Waals surface area contributed by atoms with Gasteiger partial charge in [-0.3, -0.25) is 9.89 Å². The molecule has 1 N–H and O–H groups in total. The molecule has 0 unspecified atom stereocenters. The highest BCUT2D eigenvalue weighted by atomic mass is 19.1. The Balaban J connectivity index is 2.40. The number of nitrogens with one attached hydrogen (secondary N) is 1. The lowest BCUT2D eigenvalue weighted by molar-refractivity contribution is 0.585. The maximum atomic E-state index is 14.0. The van der Waals surface area contributed by atoms with Crippen molar-refractivity contribution in [2.75, 3.05) is 0 Å². The molecule has 2 heterocycles. The number of benzene rings is 1. The van der Waals surface area contributed by atoms with E-state index < -0.39 is 11.6 Å². The van der Waals surface area contributed by atoms with Crippen LogP contribution in [0.4, 0.5) is 8.78 Å². The average Bonchev–Trinajstić information content (AvgIpc) is 2.71. The summed E-state index contributed by atoms with van der Waals surface area (Å²) < 4.78 is 28.3. The molecule has 1 aromatic carbocycles.